The zero-order chi connectivity index (χ0) is 11.0. The highest BCUT2D eigenvalue weighted by molar-refractivity contribution is 6.52. The molecule has 82 valence electrons. The second-order valence-corrected chi connectivity index (χ2v) is 4.40. The quantitative estimate of drug-likeness (QED) is 0.567. The molecule has 1 heterocycles. The predicted molar refractivity (Wildman–Crippen MR) is 53.0 cm³/mol. The molecule has 1 aliphatic carbocycles. The van der Waals surface area contributed by atoms with Crippen LogP contribution in [0.15, 0.2) is 0 Å². The summed E-state index contributed by atoms with van der Waals surface area (Å²) in [4.78, 5) is 24.3. The molecule has 0 radical (unpaired) electrons. The highest BCUT2D eigenvalue weighted by Gasteiger charge is 2.51. The van der Waals surface area contributed by atoms with Gasteiger partial charge in [-0.2, -0.15) is 0 Å². The summed E-state index contributed by atoms with van der Waals surface area (Å²) in [6.07, 6.45) is 0.959. The first kappa shape index (κ1) is 10.5. The lowest BCUT2D eigenvalue weighted by molar-refractivity contribution is -0.145. The maximum atomic E-state index is 11.3. The van der Waals surface area contributed by atoms with Crippen molar-refractivity contribution in [3.05, 3.63) is 0 Å². The second-order valence-electron chi connectivity index (χ2n) is 4.40. The molecular formula is C9H14BNO4. The molecular weight excluding hydrogens is 197 g/mol. The highest BCUT2D eigenvalue weighted by Crippen LogP contribution is 2.47. The lowest BCUT2D eigenvalue weighted by Gasteiger charge is -2.22. The maximum absolute atomic E-state index is 11.3. The van der Waals surface area contributed by atoms with Crippen molar-refractivity contribution in [2.75, 3.05) is 20.1 Å². The van der Waals surface area contributed by atoms with Crippen molar-refractivity contribution in [1.82, 2.24) is 4.90 Å². The Morgan fingerprint density at radius 1 is 1.27 bits per heavy atom. The van der Waals surface area contributed by atoms with Crippen molar-refractivity contribution in [1.29, 1.82) is 0 Å². The van der Waals surface area contributed by atoms with Crippen LogP contribution in [0.4, 0.5) is 0 Å². The van der Waals surface area contributed by atoms with Crippen molar-refractivity contribution in [3.63, 3.8) is 0 Å². The summed E-state index contributed by atoms with van der Waals surface area (Å²) >= 11 is 0. The second kappa shape index (κ2) is 3.85. The Balaban J connectivity index is 2.00. The van der Waals surface area contributed by atoms with E-state index in [0.717, 1.165) is 6.42 Å². The van der Waals surface area contributed by atoms with Crippen LogP contribution in [-0.2, 0) is 18.9 Å². The topological polar surface area (TPSA) is 55.8 Å². The monoisotopic (exact) mass is 211 g/mol. The van der Waals surface area contributed by atoms with Crippen molar-refractivity contribution >= 4 is 19.1 Å². The van der Waals surface area contributed by atoms with Crippen molar-refractivity contribution in [2.24, 2.45) is 5.92 Å². The number of rotatable bonds is 1. The third kappa shape index (κ3) is 2.50. The van der Waals surface area contributed by atoms with E-state index >= 15 is 0 Å². The van der Waals surface area contributed by atoms with Crippen LogP contribution in [0.1, 0.15) is 13.3 Å². The minimum Gasteiger partial charge on any atom is -0.498 e. The number of likely N-dealkylation sites (N-methyl/N-ethyl adjacent to an activating group) is 1. The Hall–Kier alpha value is -1.04. The van der Waals surface area contributed by atoms with E-state index < -0.39 is 7.12 Å². The molecule has 0 aromatic heterocycles. The first-order chi connectivity index (χ1) is 7.06. The summed E-state index contributed by atoms with van der Waals surface area (Å²) in [7, 11) is 1.02. The summed E-state index contributed by atoms with van der Waals surface area (Å²) in [5.41, 5.74) is 0. The minimum absolute atomic E-state index is 0.146. The molecule has 2 fully saturated rings. The molecule has 0 aromatic rings. The third-order valence-corrected chi connectivity index (χ3v) is 2.81. The van der Waals surface area contributed by atoms with E-state index in [1.807, 2.05) is 0 Å². The third-order valence-electron chi connectivity index (χ3n) is 2.81. The van der Waals surface area contributed by atoms with Gasteiger partial charge in [0.2, 0.25) is 0 Å². The molecule has 6 heteroatoms. The fourth-order valence-electron chi connectivity index (χ4n) is 1.76. The van der Waals surface area contributed by atoms with Crippen LogP contribution < -0.4 is 0 Å². The molecule has 0 spiro atoms. The lowest BCUT2D eigenvalue weighted by Crippen LogP contribution is -2.42. The van der Waals surface area contributed by atoms with Gasteiger partial charge in [0.15, 0.2) is 0 Å². The standard InChI is InChI=1S/C9H14BNO4/c1-6-3-7(6)10-14-8(12)4-11(2)5-9(13)15-10/h6-7H,3-5H2,1-2H3/t6-,7-/m1/s1. The van der Waals surface area contributed by atoms with E-state index in [1.54, 1.807) is 11.9 Å². The van der Waals surface area contributed by atoms with Crippen LogP contribution >= 0.6 is 0 Å². The fourth-order valence-corrected chi connectivity index (χ4v) is 1.76. The van der Waals surface area contributed by atoms with E-state index in [9.17, 15) is 9.59 Å². The first-order valence-corrected chi connectivity index (χ1v) is 5.14. The van der Waals surface area contributed by atoms with Gasteiger partial charge in [0, 0.05) is 5.82 Å². The molecule has 1 saturated carbocycles. The smallest absolute Gasteiger partial charge is 0.498 e. The van der Waals surface area contributed by atoms with Crippen molar-refractivity contribution < 1.29 is 18.9 Å². The fraction of sp³-hybridized carbons (Fsp3) is 0.778. The SMILES string of the molecule is C[C@@H]1C[C@H]1B1OC(=O)CN(C)CC(=O)O1. The number of nitrogens with zero attached hydrogens (tertiary/aromatic N) is 1. The normalized spacial score (nSPS) is 32.8. The molecule has 5 nitrogen and oxygen atoms in total. The summed E-state index contributed by atoms with van der Waals surface area (Å²) in [5.74, 6) is 0.0252. The van der Waals surface area contributed by atoms with E-state index in [0.29, 0.717) is 5.92 Å². The van der Waals surface area contributed by atoms with Gasteiger partial charge in [-0.05, 0) is 19.4 Å². The van der Waals surface area contributed by atoms with E-state index in [1.165, 1.54) is 0 Å². The molecule has 0 N–H and O–H groups in total. The van der Waals surface area contributed by atoms with Gasteiger partial charge in [-0.25, -0.2) is 0 Å². The number of hydrogen-bond donors (Lipinski definition) is 0. The summed E-state index contributed by atoms with van der Waals surface area (Å²) < 4.78 is 10.2. The molecule has 1 aliphatic heterocycles. The summed E-state index contributed by atoms with van der Waals surface area (Å²) in [6.45, 7) is 2.34. The molecule has 0 bridgehead atoms. The Kier molecular flexibility index (Phi) is 2.69. The molecule has 2 aliphatic rings. The zero-order valence-corrected chi connectivity index (χ0v) is 8.93. The van der Waals surface area contributed by atoms with Gasteiger partial charge in [0.1, 0.15) is 0 Å². The van der Waals surface area contributed by atoms with Crippen molar-refractivity contribution in [2.45, 2.75) is 19.2 Å². The Labute approximate surface area is 88.8 Å². The Bertz CT molecular complexity index is 276. The lowest BCUT2D eigenvalue weighted by atomic mass is 9.80. The zero-order valence-electron chi connectivity index (χ0n) is 8.93. The van der Waals surface area contributed by atoms with Gasteiger partial charge in [-0.1, -0.05) is 6.92 Å². The average molecular weight is 211 g/mol. The largest absolute Gasteiger partial charge is 0.602 e. The molecule has 0 unspecified atom stereocenters. The number of carbonyl (C=O) groups excluding carboxylic acids is 2. The van der Waals surface area contributed by atoms with E-state index in [-0.39, 0.29) is 30.8 Å². The van der Waals surface area contributed by atoms with Gasteiger partial charge >= 0.3 is 19.1 Å². The van der Waals surface area contributed by atoms with E-state index in [4.69, 9.17) is 9.31 Å². The Morgan fingerprint density at radius 3 is 2.13 bits per heavy atom. The predicted octanol–water partition coefficient (Wildman–Crippen LogP) is -0.0836. The average Bonchev–Trinajstić information content (AvgIpc) is 2.78. The Morgan fingerprint density at radius 2 is 1.73 bits per heavy atom. The van der Waals surface area contributed by atoms with Gasteiger partial charge in [0.05, 0.1) is 13.1 Å². The highest BCUT2D eigenvalue weighted by atomic mass is 16.6. The van der Waals surface area contributed by atoms with Crippen LogP contribution in [0.2, 0.25) is 5.82 Å². The molecule has 2 atom stereocenters. The molecule has 1 saturated heterocycles. The number of hydrogen-bond acceptors (Lipinski definition) is 5. The number of carbonyl (C=O) groups is 2. The first-order valence-electron chi connectivity index (χ1n) is 5.14. The van der Waals surface area contributed by atoms with Gasteiger partial charge in [-0.3, -0.25) is 14.5 Å². The molecule has 0 amide bonds. The molecule has 0 aromatic carbocycles. The van der Waals surface area contributed by atoms with Crippen LogP contribution in [0.25, 0.3) is 0 Å². The maximum Gasteiger partial charge on any atom is 0.602 e. The summed E-state index contributed by atoms with van der Waals surface area (Å²) in [5, 5.41) is 0. The van der Waals surface area contributed by atoms with Gasteiger partial charge in [0.25, 0.3) is 0 Å². The van der Waals surface area contributed by atoms with Gasteiger partial charge < -0.3 is 9.31 Å². The minimum atomic E-state index is -0.659. The van der Waals surface area contributed by atoms with Crippen LogP contribution in [0, 0.1) is 5.92 Å². The van der Waals surface area contributed by atoms with Crippen LogP contribution in [-0.4, -0.2) is 44.1 Å². The van der Waals surface area contributed by atoms with Gasteiger partial charge in [-0.15, -0.1) is 0 Å². The van der Waals surface area contributed by atoms with Crippen LogP contribution in [0.3, 0.4) is 0 Å². The van der Waals surface area contributed by atoms with Crippen LogP contribution in [0.5, 0.6) is 0 Å². The summed E-state index contributed by atoms with van der Waals surface area (Å²) in [6, 6.07) is 0. The molecule has 2 rings (SSSR count). The van der Waals surface area contributed by atoms with E-state index in [2.05, 4.69) is 6.92 Å². The molecule has 15 heavy (non-hydrogen) atoms. The van der Waals surface area contributed by atoms with Crippen molar-refractivity contribution in [3.8, 4) is 0 Å².